The molecule has 0 aromatic heterocycles. The molecule has 1 N–H and O–H groups in total. The van der Waals surface area contributed by atoms with Crippen molar-refractivity contribution in [2.45, 2.75) is 50.3 Å². The highest BCUT2D eigenvalue weighted by Gasteiger charge is 2.47. The molecular weight excluding hydrogens is 500 g/mol. The maximum atomic E-state index is 10.4. The van der Waals surface area contributed by atoms with Crippen molar-refractivity contribution in [3.63, 3.8) is 0 Å². The first-order chi connectivity index (χ1) is 19.8. The molecule has 5 atom stereocenters. The van der Waals surface area contributed by atoms with E-state index < -0.39 is 30.5 Å². The zero-order valence-electron chi connectivity index (χ0n) is 22.3. The number of hydrogen-bond acceptors (Lipinski definition) is 5. The monoisotopic (exact) mass is 534 g/mol. The van der Waals surface area contributed by atoms with Gasteiger partial charge in [-0.3, -0.25) is 0 Å². The average Bonchev–Trinajstić information content (AvgIpc) is 3.03. The van der Waals surface area contributed by atoms with E-state index in [0.29, 0.717) is 19.8 Å². The van der Waals surface area contributed by atoms with E-state index in [2.05, 4.69) is 11.8 Å². The van der Waals surface area contributed by atoms with Crippen LogP contribution in [-0.4, -0.2) is 42.2 Å². The van der Waals surface area contributed by atoms with Crippen LogP contribution in [0.5, 0.6) is 0 Å². The van der Waals surface area contributed by atoms with Crippen LogP contribution in [0.3, 0.4) is 0 Å². The Balaban J connectivity index is 1.46. The lowest BCUT2D eigenvalue weighted by atomic mass is 9.94. The summed E-state index contributed by atoms with van der Waals surface area (Å²) in [6.45, 7) is 0.833. The number of ether oxygens (including phenoxy) is 4. The largest absolute Gasteiger partial charge is 0.394 e. The van der Waals surface area contributed by atoms with Crippen molar-refractivity contribution in [3.05, 3.63) is 144 Å². The van der Waals surface area contributed by atoms with Crippen molar-refractivity contribution in [3.8, 4) is 11.8 Å². The third-order valence-electron chi connectivity index (χ3n) is 6.80. The Morgan fingerprint density at radius 3 is 1.45 bits per heavy atom. The van der Waals surface area contributed by atoms with E-state index in [1.807, 2.05) is 121 Å². The molecule has 1 saturated heterocycles. The smallest absolute Gasteiger partial charge is 0.147 e. The van der Waals surface area contributed by atoms with Crippen LogP contribution in [0.4, 0.5) is 0 Å². The Kier molecular flexibility index (Phi) is 10.1. The quantitative estimate of drug-likeness (QED) is 0.270. The average molecular weight is 535 g/mol. The molecule has 5 heteroatoms. The molecule has 4 aromatic rings. The number of aliphatic hydroxyl groups is 1. The van der Waals surface area contributed by atoms with Crippen LogP contribution in [0.15, 0.2) is 121 Å². The second kappa shape index (κ2) is 14.6. The van der Waals surface area contributed by atoms with Crippen LogP contribution >= 0.6 is 0 Å². The van der Waals surface area contributed by atoms with E-state index in [9.17, 15) is 5.11 Å². The Hall–Kier alpha value is -3.76. The first kappa shape index (κ1) is 27.8. The van der Waals surface area contributed by atoms with Crippen LogP contribution in [0.2, 0.25) is 0 Å². The van der Waals surface area contributed by atoms with Gasteiger partial charge in [0.15, 0.2) is 0 Å². The minimum absolute atomic E-state index is 0.237. The lowest BCUT2D eigenvalue weighted by Crippen LogP contribution is -2.60. The van der Waals surface area contributed by atoms with Gasteiger partial charge in [-0.15, -0.1) is 0 Å². The molecule has 1 aliphatic heterocycles. The van der Waals surface area contributed by atoms with Crippen molar-refractivity contribution in [1.82, 2.24) is 0 Å². The lowest BCUT2D eigenvalue weighted by molar-refractivity contribution is -0.258. The summed E-state index contributed by atoms with van der Waals surface area (Å²) in [5, 5.41) is 10.4. The van der Waals surface area contributed by atoms with Gasteiger partial charge in [0.05, 0.1) is 26.4 Å². The predicted octanol–water partition coefficient (Wildman–Crippen LogP) is 5.55. The number of aliphatic hydroxyl groups excluding tert-OH is 1. The molecule has 0 bridgehead atoms. The maximum Gasteiger partial charge on any atom is 0.147 e. The zero-order chi connectivity index (χ0) is 27.4. The normalized spacial score (nSPS) is 22.3. The minimum Gasteiger partial charge on any atom is -0.394 e. The van der Waals surface area contributed by atoms with E-state index in [0.717, 1.165) is 22.3 Å². The lowest BCUT2D eigenvalue weighted by Gasteiger charge is -2.44. The molecule has 5 nitrogen and oxygen atoms in total. The fourth-order valence-electron chi connectivity index (χ4n) is 4.73. The highest BCUT2D eigenvalue weighted by molar-refractivity contribution is 5.35. The molecule has 204 valence electrons. The zero-order valence-corrected chi connectivity index (χ0v) is 22.3. The molecule has 1 aliphatic rings. The Morgan fingerprint density at radius 1 is 0.550 bits per heavy atom. The van der Waals surface area contributed by atoms with E-state index in [4.69, 9.17) is 18.9 Å². The summed E-state index contributed by atoms with van der Waals surface area (Å²) in [6, 6.07) is 39.7. The Labute approximate surface area is 236 Å². The summed E-state index contributed by atoms with van der Waals surface area (Å²) in [4.78, 5) is 0. The SMILES string of the molecule is OC[C@H]1O[C@H](C#Cc2ccccc2)[C@H](OCc2ccccc2)[C@@H](OCc2ccccc2)[C@H]1OCc1ccccc1. The minimum atomic E-state index is -0.642. The van der Waals surface area contributed by atoms with Gasteiger partial charge in [-0.2, -0.15) is 0 Å². The summed E-state index contributed by atoms with van der Waals surface area (Å²) in [5.74, 6) is 6.49. The molecule has 0 unspecified atom stereocenters. The summed E-state index contributed by atoms with van der Waals surface area (Å²) >= 11 is 0. The Bertz CT molecular complexity index is 1340. The first-order valence-corrected chi connectivity index (χ1v) is 13.6. The molecule has 5 rings (SSSR count). The number of rotatable bonds is 10. The van der Waals surface area contributed by atoms with Gasteiger partial charge in [-0.1, -0.05) is 121 Å². The highest BCUT2D eigenvalue weighted by Crippen LogP contribution is 2.30. The molecule has 40 heavy (non-hydrogen) atoms. The van der Waals surface area contributed by atoms with Crippen molar-refractivity contribution in [2.24, 2.45) is 0 Å². The second-order valence-corrected chi connectivity index (χ2v) is 9.70. The molecular formula is C35H34O5. The fraction of sp³-hybridized carbons (Fsp3) is 0.257. The molecule has 0 amide bonds. The van der Waals surface area contributed by atoms with Crippen molar-refractivity contribution in [2.75, 3.05) is 6.61 Å². The van der Waals surface area contributed by atoms with Crippen molar-refractivity contribution >= 4 is 0 Å². The van der Waals surface area contributed by atoms with Gasteiger partial charge >= 0.3 is 0 Å². The van der Waals surface area contributed by atoms with Crippen LogP contribution < -0.4 is 0 Å². The van der Waals surface area contributed by atoms with E-state index >= 15 is 0 Å². The van der Waals surface area contributed by atoms with E-state index in [-0.39, 0.29) is 6.61 Å². The van der Waals surface area contributed by atoms with Crippen LogP contribution in [0, 0.1) is 11.8 Å². The highest BCUT2D eigenvalue weighted by atomic mass is 16.6. The van der Waals surface area contributed by atoms with Gasteiger partial charge in [0.2, 0.25) is 0 Å². The maximum absolute atomic E-state index is 10.4. The molecule has 0 spiro atoms. The van der Waals surface area contributed by atoms with E-state index in [1.54, 1.807) is 0 Å². The topological polar surface area (TPSA) is 57.2 Å². The van der Waals surface area contributed by atoms with Gasteiger partial charge < -0.3 is 24.1 Å². The van der Waals surface area contributed by atoms with Gasteiger partial charge in [0.25, 0.3) is 0 Å². The third kappa shape index (κ3) is 7.67. The summed E-state index contributed by atoms with van der Waals surface area (Å²) < 4.78 is 25.9. The Morgan fingerprint density at radius 2 is 0.975 bits per heavy atom. The molecule has 1 heterocycles. The van der Waals surface area contributed by atoms with Gasteiger partial charge in [0, 0.05) is 5.56 Å². The van der Waals surface area contributed by atoms with Gasteiger partial charge in [0.1, 0.15) is 30.5 Å². The van der Waals surface area contributed by atoms with Crippen LogP contribution in [0.1, 0.15) is 22.3 Å². The molecule has 4 aromatic carbocycles. The summed E-state index contributed by atoms with van der Waals surface area (Å²) in [6.07, 6.45) is -2.98. The van der Waals surface area contributed by atoms with Crippen LogP contribution in [-0.2, 0) is 38.8 Å². The molecule has 0 saturated carbocycles. The first-order valence-electron chi connectivity index (χ1n) is 13.6. The van der Waals surface area contributed by atoms with Gasteiger partial charge in [-0.25, -0.2) is 0 Å². The van der Waals surface area contributed by atoms with Crippen molar-refractivity contribution < 1.29 is 24.1 Å². The predicted molar refractivity (Wildman–Crippen MR) is 154 cm³/mol. The fourth-order valence-corrected chi connectivity index (χ4v) is 4.73. The second-order valence-electron chi connectivity index (χ2n) is 9.70. The molecule has 0 aliphatic carbocycles. The molecule has 0 radical (unpaired) electrons. The number of hydrogen-bond donors (Lipinski definition) is 1. The van der Waals surface area contributed by atoms with Crippen LogP contribution in [0.25, 0.3) is 0 Å². The number of benzene rings is 4. The molecule has 1 fully saturated rings. The van der Waals surface area contributed by atoms with E-state index in [1.165, 1.54) is 0 Å². The summed E-state index contributed by atoms with van der Waals surface area (Å²) in [5.41, 5.74) is 3.96. The standard InChI is InChI=1S/C35H34O5/c36-23-32-34(38-25-29-17-9-3-10-18-29)35(39-26-30-19-11-4-12-20-30)33(37-24-28-15-7-2-8-16-28)31(40-32)22-21-27-13-5-1-6-14-27/h1-20,31-36H,23-26H2/t31-,32-,33+,34+,35-/m1/s1. The third-order valence-corrected chi connectivity index (χ3v) is 6.80. The van der Waals surface area contributed by atoms with Gasteiger partial charge in [-0.05, 0) is 28.8 Å². The van der Waals surface area contributed by atoms with Crippen molar-refractivity contribution in [1.29, 1.82) is 0 Å². The summed E-state index contributed by atoms with van der Waals surface area (Å²) in [7, 11) is 0.